The molecule has 1 aromatic carbocycles. The van der Waals surface area contributed by atoms with E-state index in [4.69, 9.17) is 5.10 Å². The topological polar surface area (TPSA) is 70.0 Å². The zero-order chi connectivity index (χ0) is 26.3. The zero-order valence-corrected chi connectivity index (χ0v) is 20.8. The first-order chi connectivity index (χ1) is 17.6. The van der Waals surface area contributed by atoms with Crippen molar-refractivity contribution in [3.05, 3.63) is 72.2 Å². The van der Waals surface area contributed by atoms with E-state index in [1.54, 1.807) is 23.4 Å². The Morgan fingerprint density at radius 1 is 1.16 bits per heavy atom. The number of rotatable bonds is 5. The van der Waals surface area contributed by atoms with Crippen molar-refractivity contribution in [2.75, 3.05) is 27.2 Å². The Hall–Kier alpha value is -3.92. The maximum atomic E-state index is 13.2. The number of benzene rings is 1. The molecule has 7 nitrogen and oxygen atoms in total. The van der Waals surface area contributed by atoms with Crippen LogP contribution in [0.25, 0.3) is 33.4 Å². The molecule has 0 fully saturated rings. The molecule has 3 aromatic heterocycles. The number of aromatic nitrogens is 4. The average molecular weight is 509 g/mol. The molecule has 10 heteroatoms. The van der Waals surface area contributed by atoms with Gasteiger partial charge < -0.3 is 14.8 Å². The molecule has 0 spiro atoms. The Kier molecular flexibility index (Phi) is 6.36. The van der Waals surface area contributed by atoms with Crippen molar-refractivity contribution in [3.63, 3.8) is 0 Å². The predicted molar refractivity (Wildman–Crippen MR) is 136 cm³/mol. The van der Waals surface area contributed by atoms with Crippen molar-refractivity contribution in [1.82, 2.24) is 29.5 Å². The van der Waals surface area contributed by atoms with Crippen LogP contribution < -0.4 is 0 Å². The number of nitrogens with one attached hydrogen (secondary N) is 1. The van der Waals surface area contributed by atoms with Gasteiger partial charge in [-0.05, 0) is 50.8 Å². The number of halogens is 3. The molecule has 1 unspecified atom stereocenters. The molecule has 4 aromatic rings. The molecule has 0 aliphatic carbocycles. The van der Waals surface area contributed by atoms with Crippen molar-refractivity contribution in [3.8, 4) is 22.4 Å². The number of hydrogen-bond donors (Lipinski definition) is 1. The molecule has 1 aliphatic heterocycles. The monoisotopic (exact) mass is 508 g/mol. The number of hydrogen-bond acceptors (Lipinski definition) is 4. The Morgan fingerprint density at radius 3 is 2.62 bits per heavy atom. The summed E-state index contributed by atoms with van der Waals surface area (Å²) < 4.78 is 41.5. The zero-order valence-electron chi connectivity index (χ0n) is 20.8. The Labute approximate surface area is 212 Å². The lowest BCUT2D eigenvalue weighted by Gasteiger charge is -2.34. The summed E-state index contributed by atoms with van der Waals surface area (Å²) in [5.74, 6) is -0.0923. The van der Waals surface area contributed by atoms with E-state index in [1.165, 1.54) is 12.1 Å². The van der Waals surface area contributed by atoms with Crippen LogP contribution in [0.5, 0.6) is 0 Å². The van der Waals surface area contributed by atoms with E-state index in [0.29, 0.717) is 36.5 Å². The van der Waals surface area contributed by atoms with Crippen LogP contribution in [0.15, 0.2) is 60.9 Å². The van der Waals surface area contributed by atoms with Crippen molar-refractivity contribution in [2.24, 2.45) is 0 Å². The van der Waals surface area contributed by atoms with E-state index in [2.05, 4.69) is 9.97 Å². The third-order valence-corrected chi connectivity index (χ3v) is 6.64. The van der Waals surface area contributed by atoms with Crippen LogP contribution in [0.4, 0.5) is 13.2 Å². The molecule has 0 saturated carbocycles. The minimum Gasteiger partial charge on any atom is -0.346 e. The number of fused-ring (bicyclic) bond motifs is 2. The van der Waals surface area contributed by atoms with Crippen LogP contribution in [-0.4, -0.2) is 62.6 Å². The van der Waals surface area contributed by atoms with Gasteiger partial charge in [-0.25, -0.2) is 4.98 Å². The smallest absolute Gasteiger partial charge is 0.346 e. The highest BCUT2D eigenvalue weighted by Crippen LogP contribution is 2.43. The van der Waals surface area contributed by atoms with Crippen LogP contribution in [-0.2, 0) is 17.5 Å². The van der Waals surface area contributed by atoms with Crippen LogP contribution >= 0.6 is 0 Å². The number of carbonyl (C=O) groups excluding carboxylic acids is 1. The fourth-order valence-corrected chi connectivity index (χ4v) is 4.84. The average Bonchev–Trinajstić information content (AvgIpc) is 3.49. The molecule has 1 N–H and O–H groups in total. The van der Waals surface area contributed by atoms with Gasteiger partial charge in [-0.3, -0.25) is 9.48 Å². The maximum Gasteiger partial charge on any atom is 0.416 e. The van der Waals surface area contributed by atoms with E-state index in [1.807, 2.05) is 48.8 Å². The summed E-state index contributed by atoms with van der Waals surface area (Å²) in [7, 11) is 3.87. The predicted octanol–water partition coefficient (Wildman–Crippen LogP) is 5.13. The number of nitrogens with zero attached hydrogens (tertiary/aromatic N) is 5. The molecule has 0 radical (unpaired) electrons. The van der Waals surface area contributed by atoms with E-state index in [9.17, 15) is 18.0 Å². The van der Waals surface area contributed by atoms with Gasteiger partial charge in [-0.1, -0.05) is 18.2 Å². The summed E-state index contributed by atoms with van der Waals surface area (Å²) in [4.78, 5) is 24.4. The van der Waals surface area contributed by atoms with E-state index in [-0.39, 0.29) is 11.9 Å². The molecule has 4 heterocycles. The van der Waals surface area contributed by atoms with Gasteiger partial charge >= 0.3 is 6.18 Å². The van der Waals surface area contributed by atoms with Gasteiger partial charge in [0, 0.05) is 48.1 Å². The summed E-state index contributed by atoms with van der Waals surface area (Å²) in [6.07, 6.45) is 2.49. The minimum absolute atomic E-state index is 0.0923. The van der Waals surface area contributed by atoms with Gasteiger partial charge in [0.05, 0.1) is 23.8 Å². The van der Waals surface area contributed by atoms with Gasteiger partial charge in [0.2, 0.25) is 5.91 Å². The normalized spacial score (nSPS) is 16.2. The molecular weight excluding hydrogens is 481 g/mol. The van der Waals surface area contributed by atoms with Gasteiger partial charge in [0.15, 0.2) is 0 Å². The number of amides is 1. The van der Waals surface area contributed by atoms with Crippen molar-refractivity contribution < 1.29 is 18.0 Å². The molecule has 5 rings (SSSR count). The van der Waals surface area contributed by atoms with Crippen LogP contribution in [0.3, 0.4) is 0 Å². The van der Waals surface area contributed by atoms with Gasteiger partial charge in [-0.2, -0.15) is 18.3 Å². The summed E-state index contributed by atoms with van der Waals surface area (Å²) in [5.41, 5.74) is 3.60. The van der Waals surface area contributed by atoms with Gasteiger partial charge in [0.25, 0.3) is 0 Å². The number of pyridine rings is 1. The van der Waals surface area contributed by atoms with Crippen molar-refractivity contribution in [2.45, 2.75) is 25.7 Å². The second kappa shape index (κ2) is 9.51. The standard InChI is InChI=1S/C27H27F3N6O/c1-17-25-23(20-10-12-31-26-21(20)11-13-32-26)24(18-6-8-19(9-7-18)27(28,29)30)33-36(25)16-15-35(17)22(37)5-4-14-34(2)3/h4-13,17H,14-16H2,1-3H3,(H,31,32)/b5-4+. The third-order valence-electron chi connectivity index (χ3n) is 6.64. The number of alkyl halides is 3. The lowest BCUT2D eigenvalue weighted by molar-refractivity contribution is -0.137. The van der Waals surface area contributed by atoms with Gasteiger partial charge in [-0.15, -0.1) is 0 Å². The first kappa shape index (κ1) is 24.8. The maximum absolute atomic E-state index is 13.2. The molecule has 37 heavy (non-hydrogen) atoms. The van der Waals surface area contributed by atoms with Crippen LogP contribution in [0, 0.1) is 0 Å². The first-order valence-corrected chi connectivity index (χ1v) is 12.0. The quantitative estimate of drug-likeness (QED) is 0.380. The molecule has 0 bridgehead atoms. The van der Waals surface area contributed by atoms with E-state index in [0.717, 1.165) is 34.3 Å². The largest absolute Gasteiger partial charge is 0.416 e. The number of H-pyrrole nitrogens is 1. The van der Waals surface area contributed by atoms with Crippen molar-refractivity contribution in [1.29, 1.82) is 0 Å². The molecule has 1 aliphatic rings. The van der Waals surface area contributed by atoms with Gasteiger partial charge in [0.1, 0.15) is 11.3 Å². The Bertz CT molecular complexity index is 1470. The number of likely N-dealkylation sites (N-methyl/N-ethyl adjacent to an activating group) is 1. The summed E-state index contributed by atoms with van der Waals surface area (Å²) in [6, 6.07) is 8.54. The molecular formula is C27H27F3N6O. The molecule has 1 atom stereocenters. The van der Waals surface area contributed by atoms with E-state index < -0.39 is 11.7 Å². The van der Waals surface area contributed by atoms with Crippen LogP contribution in [0.1, 0.15) is 24.2 Å². The van der Waals surface area contributed by atoms with Crippen molar-refractivity contribution >= 4 is 16.9 Å². The fourth-order valence-electron chi connectivity index (χ4n) is 4.84. The highest BCUT2D eigenvalue weighted by atomic mass is 19.4. The number of carbonyl (C=O) groups is 1. The Balaban J connectivity index is 1.64. The Morgan fingerprint density at radius 2 is 1.92 bits per heavy atom. The summed E-state index contributed by atoms with van der Waals surface area (Å²) in [6.45, 7) is 3.56. The molecule has 192 valence electrons. The summed E-state index contributed by atoms with van der Waals surface area (Å²) >= 11 is 0. The molecule has 0 saturated heterocycles. The summed E-state index contributed by atoms with van der Waals surface area (Å²) in [5, 5.41) is 5.72. The third kappa shape index (κ3) is 4.64. The highest BCUT2D eigenvalue weighted by Gasteiger charge is 2.34. The van der Waals surface area contributed by atoms with Crippen LogP contribution in [0.2, 0.25) is 0 Å². The lowest BCUT2D eigenvalue weighted by atomic mass is 9.93. The second-order valence-electron chi connectivity index (χ2n) is 9.38. The van der Waals surface area contributed by atoms with E-state index >= 15 is 0 Å². The highest BCUT2D eigenvalue weighted by molar-refractivity contribution is 5.98. The fraction of sp³-hybridized carbons (Fsp3) is 0.296. The first-order valence-electron chi connectivity index (χ1n) is 12.0. The second-order valence-corrected chi connectivity index (χ2v) is 9.38. The minimum atomic E-state index is -4.42. The SMILES string of the molecule is CC1c2c(-c3ccnc4[nH]ccc34)c(-c3ccc(C(F)(F)F)cc3)nn2CCN1C(=O)/C=C/CN(C)C. The lowest BCUT2D eigenvalue weighted by Crippen LogP contribution is -2.40. The number of aromatic amines is 1. The molecule has 1 amide bonds.